The van der Waals surface area contributed by atoms with Crippen molar-refractivity contribution in [2.45, 2.75) is 26.3 Å². The molecule has 0 unspecified atom stereocenters. The Hall–Kier alpha value is -1.10. The van der Waals surface area contributed by atoms with Gasteiger partial charge in [-0.3, -0.25) is 0 Å². The number of halogens is 1. The Morgan fingerprint density at radius 2 is 2.18 bits per heavy atom. The molecule has 1 aromatic heterocycles. The van der Waals surface area contributed by atoms with Crippen LogP contribution in [0.1, 0.15) is 19.8 Å². The third-order valence-electron chi connectivity index (χ3n) is 2.17. The molecule has 5 heteroatoms. The van der Waals surface area contributed by atoms with Gasteiger partial charge in [-0.05, 0) is 6.07 Å². The summed E-state index contributed by atoms with van der Waals surface area (Å²) in [5, 5.41) is 0. The molecule has 96 valence electrons. The fourth-order valence-electron chi connectivity index (χ4n) is 1.23. The molecule has 0 aliphatic heterocycles. The zero-order chi connectivity index (χ0) is 12.0. The SMILES string of the molecule is CCCC[n+]1cccc(OC(=O)N(C)C)c1.[Br-]. The average Bonchev–Trinajstić information content (AvgIpc) is 2.26. The molecule has 1 amide bonds. The van der Waals surface area contributed by atoms with Crippen molar-refractivity contribution in [3.63, 3.8) is 0 Å². The number of hydrogen-bond acceptors (Lipinski definition) is 2. The Morgan fingerprint density at radius 3 is 2.76 bits per heavy atom. The summed E-state index contributed by atoms with van der Waals surface area (Å²) in [6, 6.07) is 3.66. The molecule has 1 rings (SSSR count). The fraction of sp³-hybridized carbons (Fsp3) is 0.500. The van der Waals surface area contributed by atoms with Crippen LogP contribution >= 0.6 is 0 Å². The van der Waals surface area contributed by atoms with E-state index in [1.807, 2.05) is 23.0 Å². The van der Waals surface area contributed by atoms with Gasteiger partial charge in [-0.15, -0.1) is 0 Å². The Balaban J connectivity index is 0.00000256. The minimum absolute atomic E-state index is 0. The molecule has 1 aromatic rings. The lowest BCUT2D eigenvalue weighted by Crippen LogP contribution is -3.00. The van der Waals surface area contributed by atoms with Gasteiger partial charge >= 0.3 is 6.09 Å². The first-order valence-electron chi connectivity index (χ1n) is 5.51. The van der Waals surface area contributed by atoms with Crippen molar-refractivity contribution in [1.29, 1.82) is 0 Å². The number of ether oxygens (including phenoxy) is 1. The van der Waals surface area contributed by atoms with E-state index in [9.17, 15) is 4.79 Å². The number of aromatic nitrogens is 1. The lowest BCUT2D eigenvalue weighted by molar-refractivity contribution is -0.697. The normalized spacial score (nSPS) is 9.35. The standard InChI is InChI=1S/C12H19N2O2.BrH/c1-4-5-8-14-9-6-7-11(10-14)16-12(15)13(2)3;/h6-7,9-10H,4-5,8H2,1-3H3;1H/q+1;/p-1. The molecular weight excluding hydrogens is 284 g/mol. The quantitative estimate of drug-likeness (QED) is 0.658. The predicted molar refractivity (Wildman–Crippen MR) is 61.3 cm³/mol. The van der Waals surface area contributed by atoms with Crippen molar-refractivity contribution in [1.82, 2.24) is 4.90 Å². The first-order chi connectivity index (χ1) is 7.63. The highest BCUT2D eigenvalue weighted by molar-refractivity contribution is 5.69. The summed E-state index contributed by atoms with van der Waals surface area (Å²) in [5.74, 6) is 0.581. The highest BCUT2D eigenvalue weighted by Gasteiger charge is 2.09. The Labute approximate surface area is 113 Å². The maximum atomic E-state index is 11.3. The van der Waals surface area contributed by atoms with Crippen LogP contribution in [0.3, 0.4) is 0 Å². The van der Waals surface area contributed by atoms with Gasteiger partial charge in [0.1, 0.15) is 6.54 Å². The van der Waals surface area contributed by atoms with Gasteiger partial charge in [0, 0.05) is 26.6 Å². The third kappa shape index (κ3) is 5.68. The van der Waals surface area contributed by atoms with Crippen molar-refractivity contribution >= 4 is 6.09 Å². The van der Waals surface area contributed by atoms with E-state index in [4.69, 9.17) is 4.74 Å². The second-order valence-corrected chi connectivity index (χ2v) is 3.89. The van der Waals surface area contributed by atoms with E-state index >= 15 is 0 Å². The van der Waals surface area contributed by atoms with Gasteiger partial charge < -0.3 is 26.6 Å². The number of amides is 1. The lowest BCUT2D eigenvalue weighted by atomic mass is 10.3. The number of unbranched alkanes of at least 4 members (excludes halogenated alkanes) is 1. The zero-order valence-electron chi connectivity index (χ0n) is 10.5. The first-order valence-corrected chi connectivity index (χ1v) is 5.51. The van der Waals surface area contributed by atoms with Gasteiger partial charge in [0.05, 0.1) is 0 Å². The smallest absolute Gasteiger partial charge is 0.414 e. The summed E-state index contributed by atoms with van der Waals surface area (Å²) in [6.45, 7) is 3.10. The van der Waals surface area contributed by atoms with Crippen LogP contribution in [0.2, 0.25) is 0 Å². The summed E-state index contributed by atoms with van der Waals surface area (Å²) in [5.41, 5.74) is 0. The van der Waals surface area contributed by atoms with Gasteiger partial charge in [0.25, 0.3) is 0 Å². The number of carbonyl (C=O) groups excluding carboxylic acids is 1. The van der Waals surface area contributed by atoms with E-state index in [2.05, 4.69) is 6.92 Å². The van der Waals surface area contributed by atoms with E-state index in [1.54, 1.807) is 20.2 Å². The monoisotopic (exact) mass is 302 g/mol. The van der Waals surface area contributed by atoms with Crippen LogP contribution in [0.15, 0.2) is 24.5 Å². The van der Waals surface area contributed by atoms with E-state index < -0.39 is 0 Å². The van der Waals surface area contributed by atoms with Crippen LogP contribution in [-0.2, 0) is 6.54 Å². The summed E-state index contributed by atoms with van der Waals surface area (Å²) in [7, 11) is 3.33. The van der Waals surface area contributed by atoms with E-state index in [-0.39, 0.29) is 23.1 Å². The van der Waals surface area contributed by atoms with Crippen molar-refractivity contribution < 1.29 is 31.1 Å². The molecule has 0 aliphatic rings. The molecule has 0 spiro atoms. The highest BCUT2D eigenvalue weighted by atomic mass is 79.9. The van der Waals surface area contributed by atoms with Crippen molar-refractivity contribution in [2.75, 3.05) is 14.1 Å². The Bertz CT molecular complexity index is 356. The van der Waals surface area contributed by atoms with Gasteiger partial charge in [-0.25, -0.2) is 9.36 Å². The van der Waals surface area contributed by atoms with Crippen LogP contribution in [0, 0.1) is 0 Å². The van der Waals surface area contributed by atoms with Crippen LogP contribution in [0.4, 0.5) is 4.79 Å². The molecule has 0 saturated heterocycles. The van der Waals surface area contributed by atoms with Gasteiger partial charge in [-0.2, -0.15) is 0 Å². The molecule has 0 N–H and O–H groups in total. The van der Waals surface area contributed by atoms with E-state index in [0.29, 0.717) is 5.75 Å². The number of pyridine rings is 1. The topological polar surface area (TPSA) is 33.4 Å². The summed E-state index contributed by atoms with van der Waals surface area (Å²) in [4.78, 5) is 12.7. The largest absolute Gasteiger partial charge is 1.00 e. The van der Waals surface area contributed by atoms with Crippen molar-refractivity contribution in [3.8, 4) is 5.75 Å². The molecule has 0 atom stereocenters. The molecule has 0 radical (unpaired) electrons. The molecule has 0 bridgehead atoms. The second kappa shape index (κ2) is 8.06. The molecule has 0 aromatic carbocycles. The fourth-order valence-corrected chi connectivity index (χ4v) is 1.23. The summed E-state index contributed by atoms with van der Waals surface area (Å²) >= 11 is 0. The van der Waals surface area contributed by atoms with Gasteiger partial charge in [0.15, 0.2) is 11.9 Å². The van der Waals surface area contributed by atoms with E-state index in [1.165, 1.54) is 4.90 Å². The lowest BCUT2D eigenvalue weighted by Gasteiger charge is -2.09. The van der Waals surface area contributed by atoms with Crippen molar-refractivity contribution in [3.05, 3.63) is 24.5 Å². The van der Waals surface area contributed by atoms with Crippen LogP contribution in [-0.4, -0.2) is 25.1 Å². The summed E-state index contributed by atoms with van der Waals surface area (Å²) in [6.07, 6.45) is 5.73. The molecule has 17 heavy (non-hydrogen) atoms. The minimum atomic E-state index is -0.353. The van der Waals surface area contributed by atoms with Gasteiger partial charge in [-0.1, -0.05) is 13.3 Å². The number of nitrogens with zero attached hydrogens (tertiary/aromatic N) is 2. The minimum Gasteiger partial charge on any atom is -1.00 e. The van der Waals surface area contributed by atoms with Crippen LogP contribution in [0.25, 0.3) is 0 Å². The average molecular weight is 303 g/mol. The molecule has 1 heterocycles. The number of hydrogen-bond donors (Lipinski definition) is 0. The molecular formula is C12H19BrN2O2. The highest BCUT2D eigenvalue weighted by Crippen LogP contribution is 2.06. The first kappa shape index (κ1) is 15.9. The third-order valence-corrected chi connectivity index (χ3v) is 2.17. The molecule has 0 saturated carbocycles. The maximum Gasteiger partial charge on any atom is 0.414 e. The predicted octanol–water partition coefficient (Wildman–Crippen LogP) is -1.16. The summed E-state index contributed by atoms with van der Waals surface area (Å²) < 4.78 is 7.19. The molecule has 4 nitrogen and oxygen atoms in total. The number of aryl methyl sites for hydroxylation is 1. The maximum absolute atomic E-state index is 11.3. The molecule has 0 aliphatic carbocycles. The zero-order valence-corrected chi connectivity index (χ0v) is 12.1. The van der Waals surface area contributed by atoms with Crippen molar-refractivity contribution in [2.24, 2.45) is 0 Å². The van der Waals surface area contributed by atoms with Crippen LogP contribution in [0.5, 0.6) is 5.75 Å². The Kier molecular flexibility index (Phi) is 7.54. The number of carbonyl (C=O) groups is 1. The Morgan fingerprint density at radius 1 is 1.47 bits per heavy atom. The van der Waals surface area contributed by atoms with E-state index in [0.717, 1.165) is 19.4 Å². The molecule has 0 fully saturated rings. The number of rotatable bonds is 4. The van der Waals surface area contributed by atoms with Crippen LogP contribution < -0.4 is 26.3 Å². The van der Waals surface area contributed by atoms with Gasteiger partial charge in [0.2, 0.25) is 6.20 Å². The second-order valence-electron chi connectivity index (χ2n) is 3.89.